The molecular weight excluding hydrogens is 280 g/mol. The molecular formula is C21H16N2. The van der Waals surface area contributed by atoms with E-state index in [0.717, 1.165) is 22.4 Å². The summed E-state index contributed by atoms with van der Waals surface area (Å²) in [7, 11) is 0. The maximum atomic E-state index is 4.98. The van der Waals surface area contributed by atoms with E-state index in [1.165, 1.54) is 21.9 Å². The number of aromatic nitrogens is 2. The van der Waals surface area contributed by atoms with Gasteiger partial charge in [-0.3, -0.25) is 0 Å². The monoisotopic (exact) mass is 296 g/mol. The molecule has 0 N–H and O–H groups in total. The van der Waals surface area contributed by atoms with Crippen LogP contribution >= 0.6 is 0 Å². The molecule has 4 aromatic rings. The van der Waals surface area contributed by atoms with E-state index in [9.17, 15) is 0 Å². The molecule has 0 radical (unpaired) electrons. The zero-order valence-corrected chi connectivity index (χ0v) is 13.2. The first-order valence-electron chi connectivity index (χ1n) is 7.96. The summed E-state index contributed by atoms with van der Waals surface area (Å²) in [6.07, 6.45) is 0. The van der Waals surface area contributed by atoms with Crippen molar-refractivity contribution in [2.45, 2.75) is 19.3 Å². The molecule has 0 spiro atoms. The molecule has 23 heavy (non-hydrogen) atoms. The SMILES string of the molecule is CC1(C)c2ccc3ccccc3c2-c2nc3ccccc3nc21. The number of para-hydroxylation sites is 2. The van der Waals surface area contributed by atoms with Gasteiger partial charge in [-0.2, -0.15) is 0 Å². The molecule has 0 atom stereocenters. The van der Waals surface area contributed by atoms with Crippen LogP contribution < -0.4 is 0 Å². The Hall–Kier alpha value is -2.74. The van der Waals surface area contributed by atoms with Crippen molar-refractivity contribution >= 4 is 21.8 Å². The Morgan fingerprint density at radius 3 is 2.26 bits per heavy atom. The van der Waals surface area contributed by atoms with Gasteiger partial charge in [-0.25, -0.2) is 9.97 Å². The van der Waals surface area contributed by atoms with E-state index in [0.29, 0.717) is 0 Å². The Morgan fingerprint density at radius 1 is 0.739 bits per heavy atom. The molecule has 1 heterocycles. The van der Waals surface area contributed by atoms with E-state index in [2.05, 4.69) is 50.2 Å². The maximum Gasteiger partial charge on any atom is 0.0943 e. The first kappa shape index (κ1) is 12.8. The topological polar surface area (TPSA) is 25.8 Å². The zero-order valence-electron chi connectivity index (χ0n) is 13.2. The van der Waals surface area contributed by atoms with E-state index in [4.69, 9.17) is 9.97 Å². The van der Waals surface area contributed by atoms with Crippen molar-refractivity contribution in [1.29, 1.82) is 0 Å². The van der Waals surface area contributed by atoms with Crippen molar-refractivity contribution in [1.82, 2.24) is 9.97 Å². The van der Waals surface area contributed by atoms with Crippen LogP contribution in [-0.4, -0.2) is 9.97 Å². The van der Waals surface area contributed by atoms with Crippen LogP contribution in [0.2, 0.25) is 0 Å². The predicted octanol–water partition coefficient (Wildman–Crippen LogP) is 5.09. The van der Waals surface area contributed by atoms with Crippen LogP contribution in [0.15, 0.2) is 60.7 Å². The highest BCUT2D eigenvalue weighted by atomic mass is 14.9. The normalized spacial score (nSPS) is 14.9. The summed E-state index contributed by atoms with van der Waals surface area (Å²) in [5, 5.41) is 2.52. The number of nitrogens with zero attached hydrogens (tertiary/aromatic N) is 2. The lowest BCUT2D eigenvalue weighted by molar-refractivity contribution is 0.638. The second-order valence-electron chi connectivity index (χ2n) is 6.74. The Bertz CT molecular complexity index is 1090. The van der Waals surface area contributed by atoms with Crippen LogP contribution in [-0.2, 0) is 5.41 Å². The van der Waals surface area contributed by atoms with Crippen molar-refractivity contribution in [2.24, 2.45) is 0 Å². The molecule has 0 aliphatic heterocycles. The maximum absolute atomic E-state index is 4.98. The van der Waals surface area contributed by atoms with Crippen LogP contribution in [0.25, 0.3) is 33.1 Å². The van der Waals surface area contributed by atoms with Crippen molar-refractivity contribution in [3.63, 3.8) is 0 Å². The molecule has 2 heteroatoms. The Morgan fingerprint density at radius 2 is 1.43 bits per heavy atom. The van der Waals surface area contributed by atoms with Gasteiger partial charge >= 0.3 is 0 Å². The fourth-order valence-electron chi connectivity index (χ4n) is 3.79. The predicted molar refractivity (Wildman–Crippen MR) is 94.6 cm³/mol. The summed E-state index contributed by atoms with van der Waals surface area (Å²) in [5.74, 6) is 0. The van der Waals surface area contributed by atoms with Gasteiger partial charge in [0.1, 0.15) is 0 Å². The summed E-state index contributed by atoms with van der Waals surface area (Å²) in [6.45, 7) is 4.49. The van der Waals surface area contributed by atoms with Gasteiger partial charge in [0.15, 0.2) is 0 Å². The number of hydrogen-bond donors (Lipinski definition) is 0. The fourth-order valence-corrected chi connectivity index (χ4v) is 3.79. The summed E-state index contributed by atoms with van der Waals surface area (Å²) >= 11 is 0. The Labute approximate surface area is 134 Å². The Balaban J connectivity index is 1.99. The van der Waals surface area contributed by atoms with E-state index in [1.807, 2.05) is 24.3 Å². The highest BCUT2D eigenvalue weighted by molar-refractivity contribution is 6.01. The van der Waals surface area contributed by atoms with Crippen LogP contribution in [0.4, 0.5) is 0 Å². The standard InChI is InChI=1S/C21H16N2/c1-21(2)15-12-11-13-7-3-4-8-14(13)18(15)19-20(21)23-17-10-6-5-9-16(17)22-19/h3-12H,1-2H3. The van der Waals surface area contributed by atoms with Crippen LogP contribution in [0.1, 0.15) is 25.1 Å². The lowest BCUT2D eigenvalue weighted by atomic mass is 9.84. The largest absolute Gasteiger partial charge is 0.248 e. The summed E-state index contributed by atoms with van der Waals surface area (Å²) in [4.78, 5) is 9.95. The van der Waals surface area contributed by atoms with E-state index < -0.39 is 0 Å². The Kier molecular flexibility index (Phi) is 2.31. The molecule has 0 unspecified atom stereocenters. The molecule has 110 valence electrons. The first-order chi connectivity index (χ1) is 11.2. The molecule has 0 fully saturated rings. The third-order valence-corrected chi connectivity index (χ3v) is 5.00. The lowest BCUT2D eigenvalue weighted by Gasteiger charge is -2.20. The third-order valence-electron chi connectivity index (χ3n) is 5.00. The second-order valence-corrected chi connectivity index (χ2v) is 6.74. The average Bonchev–Trinajstić information content (AvgIpc) is 2.81. The van der Waals surface area contributed by atoms with Crippen LogP contribution in [0.5, 0.6) is 0 Å². The van der Waals surface area contributed by atoms with E-state index in [1.54, 1.807) is 0 Å². The molecule has 0 amide bonds. The van der Waals surface area contributed by atoms with Gasteiger partial charge < -0.3 is 0 Å². The molecule has 1 aromatic heterocycles. The molecule has 5 rings (SSSR count). The van der Waals surface area contributed by atoms with Gasteiger partial charge in [0.2, 0.25) is 0 Å². The van der Waals surface area contributed by atoms with Gasteiger partial charge in [0, 0.05) is 11.0 Å². The first-order valence-corrected chi connectivity index (χ1v) is 7.96. The fraction of sp³-hybridized carbons (Fsp3) is 0.143. The molecule has 1 aliphatic rings. The van der Waals surface area contributed by atoms with Crippen molar-refractivity contribution in [3.05, 3.63) is 71.9 Å². The molecule has 2 nitrogen and oxygen atoms in total. The number of fused-ring (bicyclic) bond motifs is 6. The van der Waals surface area contributed by atoms with Crippen LogP contribution in [0.3, 0.4) is 0 Å². The van der Waals surface area contributed by atoms with E-state index in [-0.39, 0.29) is 5.41 Å². The minimum absolute atomic E-state index is 0.119. The van der Waals surface area contributed by atoms with Crippen molar-refractivity contribution in [3.8, 4) is 11.3 Å². The minimum Gasteiger partial charge on any atom is -0.248 e. The smallest absolute Gasteiger partial charge is 0.0943 e. The zero-order chi connectivity index (χ0) is 15.6. The molecule has 0 saturated carbocycles. The molecule has 0 saturated heterocycles. The number of benzene rings is 3. The number of rotatable bonds is 0. The highest BCUT2D eigenvalue weighted by Gasteiger charge is 2.39. The van der Waals surface area contributed by atoms with Crippen molar-refractivity contribution in [2.75, 3.05) is 0 Å². The minimum atomic E-state index is -0.119. The van der Waals surface area contributed by atoms with Gasteiger partial charge in [-0.15, -0.1) is 0 Å². The molecule has 1 aliphatic carbocycles. The average molecular weight is 296 g/mol. The van der Waals surface area contributed by atoms with Crippen molar-refractivity contribution < 1.29 is 0 Å². The highest BCUT2D eigenvalue weighted by Crippen LogP contribution is 2.49. The van der Waals surface area contributed by atoms with Gasteiger partial charge in [0.25, 0.3) is 0 Å². The van der Waals surface area contributed by atoms with Gasteiger partial charge in [-0.1, -0.05) is 62.4 Å². The number of hydrogen-bond acceptors (Lipinski definition) is 2. The second kappa shape index (κ2) is 4.17. The van der Waals surface area contributed by atoms with Gasteiger partial charge in [-0.05, 0) is 28.5 Å². The quantitative estimate of drug-likeness (QED) is 0.452. The lowest BCUT2D eigenvalue weighted by Crippen LogP contribution is -2.17. The van der Waals surface area contributed by atoms with Crippen LogP contribution in [0, 0.1) is 0 Å². The van der Waals surface area contributed by atoms with E-state index >= 15 is 0 Å². The summed E-state index contributed by atoms with van der Waals surface area (Å²) in [6, 6.07) is 21.1. The van der Waals surface area contributed by atoms with Gasteiger partial charge in [0.05, 0.1) is 22.4 Å². The summed E-state index contributed by atoms with van der Waals surface area (Å²) in [5.41, 5.74) is 6.51. The molecule has 0 bridgehead atoms. The summed E-state index contributed by atoms with van der Waals surface area (Å²) < 4.78 is 0. The third kappa shape index (κ3) is 1.58. The molecule has 3 aromatic carbocycles.